The van der Waals surface area contributed by atoms with Crippen LogP contribution in [0.4, 0.5) is 4.39 Å². The number of carbonyl (C=O) groups excluding carboxylic acids is 1. The first-order valence-electron chi connectivity index (χ1n) is 8.83. The Bertz CT molecular complexity index is 916. The minimum Gasteiger partial charge on any atom is -0.348 e. The lowest BCUT2D eigenvalue weighted by Gasteiger charge is -2.20. The Morgan fingerprint density at radius 1 is 1.19 bits per heavy atom. The van der Waals surface area contributed by atoms with E-state index in [-0.39, 0.29) is 11.7 Å². The molecule has 0 unspecified atom stereocenters. The molecule has 0 saturated carbocycles. The fraction of sp³-hybridized carbons (Fsp3) is 0.300. The highest BCUT2D eigenvalue weighted by atomic mass is 32.1. The van der Waals surface area contributed by atoms with E-state index in [9.17, 15) is 9.18 Å². The normalized spacial score (nSPS) is 15.3. The van der Waals surface area contributed by atoms with Gasteiger partial charge in [0.25, 0.3) is 5.91 Å². The third kappa shape index (κ3) is 3.76. The third-order valence-corrected chi connectivity index (χ3v) is 5.90. The van der Waals surface area contributed by atoms with E-state index < -0.39 is 0 Å². The van der Waals surface area contributed by atoms with E-state index in [1.165, 1.54) is 17.1 Å². The molecule has 0 aliphatic carbocycles. The van der Waals surface area contributed by atoms with Crippen molar-refractivity contribution in [3.8, 4) is 0 Å². The van der Waals surface area contributed by atoms with E-state index in [4.69, 9.17) is 4.98 Å². The highest BCUT2D eigenvalue weighted by Crippen LogP contribution is 2.32. The standard InChI is InChI=1S/C20H20FN3OS/c21-16-4-1-13(2-5-16)12-23-19(25)15-3-6-17-18(11-15)26-20(24-17)14-7-9-22-10-8-14/h1-6,11,14,22H,7-10,12H2,(H,23,25). The molecule has 3 aromatic rings. The van der Waals surface area contributed by atoms with Crippen molar-refractivity contribution in [2.24, 2.45) is 0 Å². The Labute approximate surface area is 155 Å². The molecule has 1 amide bonds. The van der Waals surface area contributed by atoms with Gasteiger partial charge < -0.3 is 10.6 Å². The highest BCUT2D eigenvalue weighted by molar-refractivity contribution is 7.18. The number of rotatable bonds is 4. The second-order valence-corrected chi connectivity index (χ2v) is 7.63. The number of amides is 1. The summed E-state index contributed by atoms with van der Waals surface area (Å²) >= 11 is 1.69. The number of piperidine rings is 1. The summed E-state index contributed by atoms with van der Waals surface area (Å²) in [7, 11) is 0. The van der Waals surface area contributed by atoms with Crippen LogP contribution in [0.3, 0.4) is 0 Å². The van der Waals surface area contributed by atoms with Crippen molar-refractivity contribution < 1.29 is 9.18 Å². The number of carbonyl (C=O) groups is 1. The summed E-state index contributed by atoms with van der Waals surface area (Å²) in [5, 5.41) is 7.43. The first kappa shape index (κ1) is 17.1. The summed E-state index contributed by atoms with van der Waals surface area (Å²) in [6.45, 7) is 2.45. The van der Waals surface area contributed by atoms with Gasteiger partial charge in [0.1, 0.15) is 5.82 Å². The molecule has 1 aromatic heterocycles. The Morgan fingerprint density at radius 3 is 2.73 bits per heavy atom. The van der Waals surface area contributed by atoms with E-state index in [1.54, 1.807) is 23.5 Å². The largest absolute Gasteiger partial charge is 0.348 e. The van der Waals surface area contributed by atoms with E-state index in [0.717, 1.165) is 41.7 Å². The van der Waals surface area contributed by atoms with Gasteiger partial charge in [-0.1, -0.05) is 12.1 Å². The maximum atomic E-state index is 12.9. The molecule has 6 heteroatoms. The lowest BCUT2D eigenvalue weighted by atomic mass is 9.99. The van der Waals surface area contributed by atoms with Gasteiger partial charge in [-0.25, -0.2) is 9.37 Å². The van der Waals surface area contributed by atoms with Gasteiger partial charge in [-0.05, 0) is 61.8 Å². The number of benzene rings is 2. The van der Waals surface area contributed by atoms with E-state index in [1.807, 2.05) is 18.2 Å². The van der Waals surface area contributed by atoms with Crippen molar-refractivity contribution >= 4 is 27.5 Å². The molecule has 1 saturated heterocycles. The highest BCUT2D eigenvalue weighted by Gasteiger charge is 2.19. The first-order valence-corrected chi connectivity index (χ1v) is 9.64. The first-order chi connectivity index (χ1) is 12.7. The lowest BCUT2D eigenvalue weighted by Crippen LogP contribution is -2.26. The zero-order valence-electron chi connectivity index (χ0n) is 14.3. The summed E-state index contributed by atoms with van der Waals surface area (Å²) in [5.41, 5.74) is 2.45. The molecule has 1 aliphatic heterocycles. The second-order valence-electron chi connectivity index (χ2n) is 6.57. The molecule has 2 heterocycles. The van der Waals surface area contributed by atoms with Crippen molar-refractivity contribution in [2.75, 3.05) is 13.1 Å². The summed E-state index contributed by atoms with van der Waals surface area (Å²) in [6.07, 6.45) is 2.23. The fourth-order valence-corrected chi connectivity index (χ4v) is 4.39. The Balaban J connectivity index is 1.47. The third-order valence-electron chi connectivity index (χ3n) is 4.72. The van der Waals surface area contributed by atoms with E-state index in [0.29, 0.717) is 18.0 Å². The number of hydrogen-bond donors (Lipinski definition) is 2. The number of aromatic nitrogens is 1. The van der Waals surface area contributed by atoms with Crippen molar-refractivity contribution in [1.29, 1.82) is 0 Å². The molecule has 26 heavy (non-hydrogen) atoms. The topological polar surface area (TPSA) is 54.0 Å². The van der Waals surface area contributed by atoms with Gasteiger partial charge in [0, 0.05) is 18.0 Å². The molecule has 0 atom stereocenters. The molecule has 4 nitrogen and oxygen atoms in total. The lowest BCUT2D eigenvalue weighted by molar-refractivity contribution is 0.0951. The summed E-state index contributed by atoms with van der Waals surface area (Å²) in [5.74, 6) is 0.109. The summed E-state index contributed by atoms with van der Waals surface area (Å²) < 4.78 is 14.0. The maximum Gasteiger partial charge on any atom is 0.251 e. The van der Waals surface area contributed by atoms with Crippen LogP contribution in [0.5, 0.6) is 0 Å². The quantitative estimate of drug-likeness (QED) is 0.735. The Hall–Kier alpha value is -2.31. The average Bonchev–Trinajstić information content (AvgIpc) is 3.11. The van der Waals surface area contributed by atoms with Gasteiger partial charge in [-0.15, -0.1) is 11.3 Å². The minimum absolute atomic E-state index is 0.131. The summed E-state index contributed by atoms with van der Waals surface area (Å²) in [6, 6.07) is 11.8. The van der Waals surface area contributed by atoms with Gasteiger partial charge in [0.05, 0.1) is 15.2 Å². The van der Waals surface area contributed by atoms with Crippen LogP contribution in [0.1, 0.15) is 39.7 Å². The molecule has 1 fully saturated rings. The minimum atomic E-state index is -0.278. The van der Waals surface area contributed by atoms with Gasteiger partial charge in [-0.3, -0.25) is 4.79 Å². The van der Waals surface area contributed by atoms with Gasteiger partial charge in [-0.2, -0.15) is 0 Å². The smallest absolute Gasteiger partial charge is 0.251 e. The molecule has 2 N–H and O–H groups in total. The van der Waals surface area contributed by atoms with Gasteiger partial charge >= 0.3 is 0 Å². The molecule has 134 valence electrons. The van der Waals surface area contributed by atoms with Crippen LogP contribution >= 0.6 is 11.3 Å². The monoisotopic (exact) mass is 369 g/mol. The molecular formula is C20H20FN3OS. The predicted molar refractivity (Wildman–Crippen MR) is 102 cm³/mol. The number of hydrogen-bond acceptors (Lipinski definition) is 4. The van der Waals surface area contributed by atoms with Crippen LogP contribution in [-0.4, -0.2) is 24.0 Å². The molecule has 0 radical (unpaired) electrons. The number of nitrogens with zero attached hydrogens (tertiary/aromatic N) is 1. The fourth-order valence-electron chi connectivity index (χ4n) is 3.21. The molecule has 0 bridgehead atoms. The SMILES string of the molecule is O=C(NCc1ccc(F)cc1)c1ccc2nc(C3CCNCC3)sc2c1. The number of fused-ring (bicyclic) bond motifs is 1. The van der Waals surface area contributed by atoms with Crippen LogP contribution in [0.15, 0.2) is 42.5 Å². The van der Waals surface area contributed by atoms with Crippen molar-refractivity contribution in [1.82, 2.24) is 15.6 Å². The van der Waals surface area contributed by atoms with E-state index in [2.05, 4.69) is 10.6 Å². The van der Waals surface area contributed by atoms with Crippen LogP contribution in [-0.2, 0) is 6.54 Å². The van der Waals surface area contributed by atoms with Crippen LogP contribution in [0.2, 0.25) is 0 Å². The second kappa shape index (κ2) is 7.51. The molecule has 1 aliphatic rings. The maximum absolute atomic E-state index is 12.9. The molecule has 2 aromatic carbocycles. The van der Waals surface area contributed by atoms with Crippen molar-refractivity contribution in [3.05, 3.63) is 64.4 Å². The number of halogens is 1. The Kier molecular flexibility index (Phi) is 4.95. The Morgan fingerprint density at radius 2 is 1.96 bits per heavy atom. The van der Waals surface area contributed by atoms with Crippen molar-refractivity contribution in [3.63, 3.8) is 0 Å². The van der Waals surface area contributed by atoms with E-state index >= 15 is 0 Å². The predicted octanol–water partition coefficient (Wildman–Crippen LogP) is 3.83. The number of thiazole rings is 1. The van der Waals surface area contributed by atoms with Gasteiger partial charge in [0.2, 0.25) is 0 Å². The zero-order valence-corrected chi connectivity index (χ0v) is 15.1. The van der Waals surface area contributed by atoms with Gasteiger partial charge in [0.15, 0.2) is 0 Å². The molecular weight excluding hydrogens is 349 g/mol. The number of nitrogens with one attached hydrogen (secondary N) is 2. The molecule has 0 spiro atoms. The zero-order chi connectivity index (χ0) is 17.9. The van der Waals surface area contributed by atoms with Crippen LogP contribution < -0.4 is 10.6 Å². The summed E-state index contributed by atoms with van der Waals surface area (Å²) in [4.78, 5) is 17.2. The molecule has 4 rings (SSSR count). The van der Waals surface area contributed by atoms with Crippen LogP contribution in [0, 0.1) is 5.82 Å². The average molecular weight is 369 g/mol. The van der Waals surface area contributed by atoms with Crippen molar-refractivity contribution in [2.45, 2.75) is 25.3 Å². The van der Waals surface area contributed by atoms with Crippen LogP contribution in [0.25, 0.3) is 10.2 Å².